The van der Waals surface area contributed by atoms with Gasteiger partial charge < -0.3 is 0 Å². The van der Waals surface area contributed by atoms with Gasteiger partial charge in [-0.1, -0.05) is 71.6 Å². The van der Waals surface area contributed by atoms with Crippen molar-refractivity contribution in [2.75, 3.05) is 0 Å². The minimum atomic E-state index is 1.31. The van der Waals surface area contributed by atoms with Crippen LogP contribution in [0.3, 0.4) is 0 Å². The zero-order chi connectivity index (χ0) is 14.5. The second-order valence-corrected chi connectivity index (χ2v) is 6.85. The number of thiophene rings is 1. The lowest BCUT2D eigenvalue weighted by Crippen LogP contribution is -1.91. The maximum atomic E-state index is 2.39. The average Bonchev–Trinajstić information content (AvgIpc) is 2.90. The maximum absolute atomic E-state index is 2.39. The molecule has 0 nitrogen and oxygen atoms in total. The van der Waals surface area contributed by atoms with Crippen LogP contribution < -0.4 is 0 Å². The summed E-state index contributed by atoms with van der Waals surface area (Å²) < 4.78 is 0. The molecule has 0 unspecified atom stereocenters. The van der Waals surface area contributed by atoms with E-state index in [9.17, 15) is 0 Å². The van der Waals surface area contributed by atoms with Gasteiger partial charge in [0.2, 0.25) is 0 Å². The quantitative estimate of drug-likeness (QED) is 0.338. The van der Waals surface area contributed by atoms with Crippen LogP contribution in [0, 0.1) is 0 Å². The molecular weight excluding hydrogens is 260 g/mol. The highest BCUT2D eigenvalue weighted by Gasteiger charge is 2.03. The number of hydrogen-bond acceptors (Lipinski definition) is 1. The van der Waals surface area contributed by atoms with Crippen LogP contribution in [0.4, 0.5) is 0 Å². The van der Waals surface area contributed by atoms with E-state index in [1.165, 1.54) is 83.5 Å². The second-order valence-electron chi connectivity index (χ2n) is 6.10. The first kappa shape index (κ1) is 17.8. The van der Waals surface area contributed by atoms with Crippen molar-refractivity contribution in [2.24, 2.45) is 0 Å². The van der Waals surface area contributed by atoms with Crippen LogP contribution in [0.25, 0.3) is 0 Å². The summed E-state index contributed by atoms with van der Waals surface area (Å²) in [6.07, 6.45) is 18.1. The van der Waals surface area contributed by atoms with Gasteiger partial charge in [0.15, 0.2) is 0 Å². The molecule has 0 aliphatic carbocycles. The van der Waals surface area contributed by atoms with Crippen molar-refractivity contribution in [1.82, 2.24) is 0 Å². The van der Waals surface area contributed by atoms with Gasteiger partial charge in [0.1, 0.15) is 0 Å². The van der Waals surface area contributed by atoms with Gasteiger partial charge in [0.25, 0.3) is 0 Å². The molecule has 0 aliphatic heterocycles. The number of unbranched alkanes of at least 4 members (excludes halogenated alkanes) is 9. The highest BCUT2D eigenvalue weighted by molar-refractivity contribution is 7.08. The van der Waals surface area contributed by atoms with E-state index < -0.39 is 0 Å². The number of rotatable bonds is 13. The van der Waals surface area contributed by atoms with Crippen LogP contribution in [0.15, 0.2) is 10.8 Å². The zero-order valence-corrected chi connectivity index (χ0v) is 14.6. The Kier molecular flexibility index (Phi) is 11.0. The monoisotopic (exact) mass is 294 g/mol. The Morgan fingerprint density at radius 3 is 1.55 bits per heavy atom. The standard InChI is InChI=1S/C19H34S/c1-3-5-7-8-9-10-11-13-15-19-17-20-16-18(19)14-12-6-4-2/h16-17H,3-15H2,1-2H3. The molecule has 1 heterocycles. The molecule has 0 N–H and O–H groups in total. The summed E-state index contributed by atoms with van der Waals surface area (Å²) in [5.74, 6) is 0. The van der Waals surface area contributed by atoms with Gasteiger partial charge in [0.05, 0.1) is 0 Å². The van der Waals surface area contributed by atoms with Crippen LogP contribution in [0.5, 0.6) is 0 Å². The van der Waals surface area contributed by atoms with E-state index in [0.29, 0.717) is 0 Å². The maximum Gasteiger partial charge on any atom is -0.00584 e. The van der Waals surface area contributed by atoms with Gasteiger partial charge in [-0.3, -0.25) is 0 Å². The van der Waals surface area contributed by atoms with Gasteiger partial charge in [-0.25, -0.2) is 0 Å². The summed E-state index contributed by atoms with van der Waals surface area (Å²) in [6.45, 7) is 4.58. The Balaban J connectivity index is 2.05. The highest BCUT2D eigenvalue weighted by atomic mass is 32.1. The van der Waals surface area contributed by atoms with Crippen molar-refractivity contribution in [3.63, 3.8) is 0 Å². The lowest BCUT2D eigenvalue weighted by Gasteiger charge is -2.04. The first-order chi connectivity index (χ1) is 9.88. The third-order valence-corrected chi connectivity index (χ3v) is 5.02. The molecule has 116 valence electrons. The van der Waals surface area contributed by atoms with E-state index in [2.05, 4.69) is 24.6 Å². The Morgan fingerprint density at radius 2 is 1.00 bits per heavy atom. The molecule has 0 aliphatic rings. The first-order valence-electron chi connectivity index (χ1n) is 8.92. The Labute approximate surface area is 131 Å². The molecule has 0 aromatic carbocycles. The molecule has 0 saturated heterocycles. The van der Waals surface area contributed by atoms with Crippen molar-refractivity contribution in [3.05, 3.63) is 21.9 Å². The molecule has 0 amide bonds. The van der Waals surface area contributed by atoms with E-state index >= 15 is 0 Å². The van der Waals surface area contributed by atoms with Crippen LogP contribution in [0.2, 0.25) is 0 Å². The largest absolute Gasteiger partial charge is 0.152 e. The van der Waals surface area contributed by atoms with E-state index in [0.717, 1.165) is 0 Å². The van der Waals surface area contributed by atoms with Crippen molar-refractivity contribution >= 4 is 11.3 Å². The van der Waals surface area contributed by atoms with E-state index in [4.69, 9.17) is 0 Å². The average molecular weight is 295 g/mol. The molecule has 0 spiro atoms. The fourth-order valence-electron chi connectivity index (χ4n) is 2.80. The van der Waals surface area contributed by atoms with E-state index in [1.54, 1.807) is 11.1 Å². The predicted molar refractivity (Wildman–Crippen MR) is 93.9 cm³/mol. The molecule has 20 heavy (non-hydrogen) atoms. The van der Waals surface area contributed by atoms with Crippen molar-refractivity contribution < 1.29 is 0 Å². The van der Waals surface area contributed by atoms with Crippen molar-refractivity contribution in [1.29, 1.82) is 0 Å². The molecule has 1 heteroatoms. The molecule has 1 aromatic heterocycles. The first-order valence-corrected chi connectivity index (χ1v) is 9.86. The lowest BCUT2D eigenvalue weighted by atomic mass is 10.0. The van der Waals surface area contributed by atoms with Gasteiger partial charge in [-0.2, -0.15) is 11.3 Å². The smallest absolute Gasteiger partial charge is 0.00584 e. The summed E-state index contributed by atoms with van der Waals surface area (Å²) in [6, 6.07) is 0. The summed E-state index contributed by atoms with van der Waals surface area (Å²) in [4.78, 5) is 0. The van der Waals surface area contributed by atoms with Crippen molar-refractivity contribution in [2.45, 2.75) is 97.3 Å². The van der Waals surface area contributed by atoms with E-state index in [1.807, 2.05) is 11.3 Å². The summed E-state index contributed by atoms with van der Waals surface area (Å²) >= 11 is 1.90. The molecule has 1 rings (SSSR count). The Bertz CT molecular complexity index is 313. The van der Waals surface area contributed by atoms with Gasteiger partial charge in [-0.15, -0.1) is 0 Å². The Morgan fingerprint density at radius 1 is 0.600 bits per heavy atom. The van der Waals surface area contributed by atoms with Crippen LogP contribution >= 0.6 is 11.3 Å². The molecule has 0 saturated carbocycles. The number of aryl methyl sites for hydroxylation is 2. The number of hydrogen-bond donors (Lipinski definition) is 0. The van der Waals surface area contributed by atoms with E-state index in [-0.39, 0.29) is 0 Å². The van der Waals surface area contributed by atoms with Crippen LogP contribution in [0.1, 0.15) is 95.6 Å². The van der Waals surface area contributed by atoms with Crippen molar-refractivity contribution in [3.8, 4) is 0 Å². The topological polar surface area (TPSA) is 0 Å². The Hall–Kier alpha value is -0.300. The summed E-state index contributed by atoms with van der Waals surface area (Å²) in [7, 11) is 0. The fourth-order valence-corrected chi connectivity index (χ4v) is 3.74. The molecular formula is C19H34S. The normalized spacial score (nSPS) is 11.1. The summed E-state index contributed by atoms with van der Waals surface area (Å²) in [5, 5.41) is 4.78. The lowest BCUT2D eigenvalue weighted by molar-refractivity contribution is 0.575. The minimum absolute atomic E-state index is 1.31. The minimum Gasteiger partial charge on any atom is -0.152 e. The molecule has 0 bridgehead atoms. The predicted octanol–water partition coefficient (Wildman–Crippen LogP) is 7.16. The van der Waals surface area contributed by atoms with Crippen LogP contribution in [-0.2, 0) is 12.8 Å². The SMILES string of the molecule is CCCCCCCCCCc1cscc1CCCCC. The third kappa shape index (κ3) is 8.09. The third-order valence-electron chi connectivity index (χ3n) is 4.18. The van der Waals surface area contributed by atoms with Gasteiger partial charge >= 0.3 is 0 Å². The second kappa shape index (κ2) is 12.4. The summed E-state index contributed by atoms with van der Waals surface area (Å²) in [5.41, 5.74) is 3.29. The molecule has 0 atom stereocenters. The molecule has 0 radical (unpaired) electrons. The highest BCUT2D eigenvalue weighted by Crippen LogP contribution is 2.20. The molecule has 0 fully saturated rings. The van der Waals surface area contributed by atoms with Gasteiger partial charge in [0, 0.05) is 0 Å². The van der Waals surface area contributed by atoms with Crippen LogP contribution in [-0.4, -0.2) is 0 Å². The zero-order valence-electron chi connectivity index (χ0n) is 13.8. The fraction of sp³-hybridized carbons (Fsp3) is 0.789. The molecule has 1 aromatic rings. The van der Waals surface area contributed by atoms with Gasteiger partial charge in [-0.05, 0) is 47.6 Å².